The lowest BCUT2D eigenvalue weighted by atomic mass is 10.1. The van der Waals surface area contributed by atoms with E-state index in [1.807, 2.05) is 74.7 Å². The molecule has 0 unspecified atom stereocenters. The van der Waals surface area contributed by atoms with Gasteiger partial charge in [0, 0.05) is 22.5 Å². The smallest absolute Gasteiger partial charge is 0.279 e. The number of carbonyl (C=O) groups excluding carboxylic acids is 1. The summed E-state index contributed by atoms with van der Waals surface area (Å²) in [5, 5.41) is 6.87. The van der Waals surface area contributed by atoms with Gasteiger partial charge in [-0.2, -0.15) is 5.10 Å². The topological polar surface area (TPSA) is 59.2 Å². The Balaban J connectivity index is 1.96. The monoisotopic (exact) mass is 446 g/mol. The van der Waals surface area contributed by atoms with E-state index >= 15 is 0 Å². The molecule has 1 aromatic heterocycles. The zero-order valence-electron chi connectivity index (χ0n) is 18.7. The summed E-state index contributed by atoms with van der Waals surface area (Å²) in [6, 6.07) is 15.5. The number of nitrogens with zero attached hydrogens (tertiary/aromatic N) is 4. The molecule has 3 aromatic rings. The summed E-state index contributed by atoms with van der Waals surface area (Å²) >= 11 is 1.47. The van der Waals surface area contributed by atoms with Gasteiger partial charge >= 0.3 is 0 Å². The van der Waals surface area contributed by atoms with Crippen molar-refractivity contribution in [3.8, 4) is 17.0 Å². The predicted octanol–water partition coefficient (Wildman–Crippen LogP) is 4.71. The number of methoxy groups -OCH3 is 1. The van der Waals surface area contributed by atoms with Crippen molar-refractivity contribution in [1.29, 1.82) is 0 Å². The highest BCUT2D eigenvalue weighted by molar-refractivity contribution is 7.07. The zero-order valence-corrected chi connectivity index (χ0v) is 19.5. The molecule has 0 bridgehead atoms. The highest BCUT2D eigenvalue weighted by atomic mass is 32.1. The van der Waals surface area contributed by atoms with Gasteiger partial charge in [0.05, 0.1) is 25.0 Å². The van der Waals surface area contributed by atoms with E-state index in [0.29, 0.717) is 17.1 Å². The molecule has 4 rings (SSSR count). The van der Waals surface area contributed by atoms with Crippen LogP contribution < -0.4 is 14.4 Å². The third-order valence-electron chi connectivity index (χ3n) is 5.11. The molecule has 0 saturated carbocycles. The second-order valence-corrected chi connectivity index (χ2v) is 8.76. The molecule has 0 atom stereocenters. The lowest BCUT2D eigenvalue weighted by Crippen LogP contribution is -2.36. The lowest BCUT2D eigenvalue weighted by Gasteiger charge is -2.20. The normalized spacial score (nSPS) is 15.0. The van der Waals surface area contributed by atoms with Crippen molar-refractivity contribution < 1.29 is 9.53 Å². The number of benzene rings is 2. The van der Waals surface area contributed by atoms with Crippen LogP contribution in [0.15, 0.2) is 76.2 Å². The number of ether oxygens (including phenoxy) is 1. The Morgan fingerprint density at radius 3 is 2.50 bits per heavy atom. The number of rotatable bonds is 6. The molecular formula is C25H26N4O2S. The minimum atomic E-state index is -0.114. The van der Waals surface area contributed by atoms with Gasteiger partial charge in [0.1, 0.15) is 5.75 Å². The standard InChI is InChI=1S/C25H26N4O2S/c1-16(2)14-26-25-29(21(15-32-25)18-10-7-9-13-22(18)31-5)27-23-19-11-6-8-12-20(19)28(17(3)4)24(23)30/h6-13,15,17H,1,14H2,2-5H3. The van der Waals surface area contributed by atoms with Crippen LogP contribution in [-0.4, -0.2) is 36.0 Å². The van der Waals surface area contributed by atoms with Gasteiger partial charge in [-0.25, -0.2) is 4.68 Å². The maximum absolute atomic E-state index is 13.4. The molecule has 0 fully saturated rings. The Morgan fingerprint density at radius 2 is 1.81 bits per heavy atom. The maximum Gasteiger partial charge on any atom is 0.279 e. The fourth-order valence-corrected chi connectivity index (χ4v) is 4.50. The summed E-state index contributed by atoms with van der Waals surface area (Å²) in [5.74, 6) is 0.615. The molecule has 2 heterocycles. The fraction of sp³-hybridized carbons (Fsp3) is 0.240. The van der Waals surface area contributed by atoms with Gasteiger partial charge < -0.3 is 9.64 Å². The molecule has 2 aromatic carbocycles. The largest absolute Gasteiger partial charge is 0.496 e. The Bertz CT molecular complexity index is 1280. The van der Waals surface area contributed by atoms with E-state index in [1.54, 1.807) is 16.7 Å². The highest BCUT2D eigenvalue weighted by Crippen LogP contribution is 2.33. The Morgan fingerprint density at radius 1 is 1.12 bits per heavy atom. The number of fused-ring (bicyclic) bond motifs is 1. The molecule has 1 aliphatic rings. The minimum Gasteiger partial charge on any atom is -0.496 e. The van der Waals surface area contributed by atoms with E-state index < -0.39 is 0 Å². The van der Waals surface area contributed by atoms with E-state index in [0.717, 1.165) is 33.8 Å². The quantitative estimate of drug-likeness (QED) is 0.515. The molecule has 0 N–H and O–H groups in total. The maximum atomic E-state index is 13.4. The van der Waals surface area contributed by atoms with Crippen molar-refractivity contribution >= 4 is 28.6 Å². The van der Waals surface area contributed by atoms with Gasteiger partial charge in [-0.1, -0.05) is 42.5 Å². The van der Waals surface area contributed by atoms with Crippen LogP contribution in [0.4, 0.5) is 5.69 Å². The van der Waals surface area contributed by atoms with Crippen LogP contribution in [0.25, 0.3) is 11.3 Å². The first-order valence-electron chi connectivity index (χ1n) is 10.4. The van der Waals surface area contributed by atoms with Crippen LogP contribution in [0, 0.1) is 0 Å². The summed E-state index contributed by atoms with van der Waals surface area (Å²) in [4.78, 5) is 20.6. The summed E-state index contributed by atoms with van der Waals surface area (Å²) < 4.78 is 7.33. The second-order valence-electron chi connectivity index (χ2n) is 7.92. The molecular weight excluding hydrogens is 420 g/mol. The van der Waals surface area contributed by atoms with Gasteiger partial charge in [0.15, 0.2) is 5.71 Å². The molecule has 0 spiro atoms. The summed E-state index contributed by atoms with van der Waals surface area (Å²) in [6.45, 7) is 10.4. The van der Waals surface area contributed by atoms with Gasteiger partial charge in [-0.3, -0.25) is 9.79 Å². The van der Waals surface area contributed by atoms with Gasteiger partial charge in [0.25, 0.3) is 5.91 Å². The third kappa shape index (κ3) is 3.91. The van der Waals surface area contributed by atoms with Crippen molar-refractivity contribution in [2.24, 2.45) is 10.1 Å². The number of hydrogen-bond donors (Lipinski definition) is 0. The number of amides is 1. The van der Waals surface area contributed by atoms with Crippen LogP contribution >= 0.6 is 11.3 Å². The SMILES string of the molecule is C=C(C)CN=c1scc(-c2ccccc2OC)n1N=C1C(=O)N(C(C)C)c2ccccc21. The molecule has 0 radical (unpaired) electrons. The van der Waals surface area contributed by atoms with Crippen molar-refractivity contribution in [2.75, 3.05) is 18.6 Å². The van der Waals surface area contributed by atoms with E-state index in [9.17, 15) is 4.79 Å². The third-order valence-corrected chi connectivity index (χ3v) is 5.96. The zero-order chi connectivity index (χ0) is 22.8. The Labute approximate surface area is 191 Å². The highest BCUT2D eigenvalue weighted by Gasteiger charge is 2.35. The molecule has 6 nitrogen and oxygen atoms in total. The number of aromatic nitrogens is 1. The average molecular weight is 447 g/mol. The predicted molar refractivity (Wildman–Crippen MR) is 131 cm³/mol. The molecule has 7 heteroatoms. The van der Waals surface area contributed by atoms with Crippen LogP contribution in [0.5, 0.6) is 5.75 Å². The van der Waals surface area contributed by atoms with Crippen molar-refractivity contribution in [2.45, 2.75) is 26.8 Å². The first kappa shape index (κ1) is 21.8. The Hall–Kier alpha value is -3.45. The minimum absolute atomic E-state index is 0.0186. The first-order valence-corrected chi connectivity index (χ1v) is 11.3. The van der Waals surface area contributed by atoms with Gasteiger partial charge in [-0.15, -0.1) is 11.3 Å². The van der Waals surface area contributed by atoms with E-state index in [2.05, 4.69) is 6.58 Å². The lowest BCUT2D eigenvalue weighted by molar-refractivity contribution is -0.112. The molecule has 32 heavy (non-hydrogen) atoms. The number of para-hydroxylation sites is 2. The van der Waals surface area contributed by atoms with Crippen LogP contribution in [-0.2, 0) is 4.79 Å². The number of thiazole rings is 1. The summed E-state index contributed by atoms with van der Waals surface area (Å²) in [6.07, 6.45) is 0. The van der Waals surface area contributed by atoms with E-state index in [1.165, 1.54) is 11.3 Å². The fourth-order valence-electron chi connectivity index (χ4n) is 3.68. The average Bonchev–Trinajstić information content (AvgIpc) is 3.30. The Kier molecular flexibility index (Phi) is 6.10. The van der Waals surface area contributed by atoms with Crippen molar-refractivity contribution in [3.63, 3.8) is 0 Å². The summed E-state index contributed by atoms with van der Waals surface area (Å²) in [7, 11) is 1.64. The molecule has 0 saturated heterocycles. The van der Waals surface area contributed by atoms with Crippen molar-refractivity contribution in [1.82, 2.24) is 4.68 Å². The van der Waals surface area contributed by atoms with E-state index in [-0.39, 0.29) is 11.9 Å². The number of hydrogen-bond acceptors (Lipinski definition) is 5. The number of carbonyl (C=O) groups is 1. The van der Waals surface area contributed by atoms with Crippen LogP contribution in [0.2, 0.25) is 0 Å². The molecule has 1 aliphatic heterocycles. The second kappa shape index (κ2) is 8.96. The van der Waals surface area contributed by atoms with E-state index in [4.69, 9.17) is 14.8 Å². The summed E-state index contributed by atoms with van der Waals surface area (Å²) in [5.41, 5.74) is 4.74. The number of anilines is 1. The van der Waals surface area contributed by atoms with Crippen molar-refractivity contribution in [3.05, 3.63) is 76.4 Å². The van der Waals surface area contributed by atoms with Crippen LogP contribution in [0.1, 0.15) is 26.3 Å². The molecule has 0 aliphatic carbocycles. The van der Waals surface area contributed by atoms with Crippen LogP contribution in [0.3, 0.4) is 0 Å². The molecule has 1 amide bonds. The first-order chi connectivity index (χ1) is 15.4. The van der Waals surface area contributed by atoms with Gasteiger partial charge in [-0.05, 0) is 39.0 Å². The van der Waals surface area contributed by atoms with Gasteiger partial charge in [0.2, 0.25) is 4.80 Å². The molecule has 164 valence electrons.